The van der Waals surface area contributed by atoms with Crippen molar-refractivity contribution in [3.8, 4) is 16.9 Å². The average molecular weight is 556 g/mol. The standard InChI is InChI=1S/C25H12F12O/c1-5-6(7-10(15(29)12(5)26)16(30)21(35)19(33)13(7)27)9-8-11(17(31)22(36)20(34)14(8)28)18(32)23(37)24(9)38-25(2,3)4/h1-4H3. The normalized spacial score (nSPS) is 12.2. The first-order valence-corrected chi connectivity index (χ1v) is 10.4. The van der Waals surface area contributed by atoms with Crippen LogP contribution >= 0.6 is 0 Å². The van der Waals surface area contributed by atoms with Gasteiger partial charge in [0.2, 0.25) is 5.82 Å². The summed E-state index contributed by atoms with van der Waals surface area (Å²) in [5.74, 6) is -30.5. The molecule has 0 spiro atoms. The van der Waals surface area contributed by atoms with Crippen molar-refractivity contribution in [2.75, 3.05) is 0 Å². The second-order valence-corrected chi connectivity index (χ2v) is 9.19. The molecule has 4 rings (SSSR count). The van der Waals surface area contributed by atoms with Gasteiger partial charge in [0.15, 0.2) is 69.7 Å². The highest BCUT2D eigenvalue weighted by molar-refractivity contribution is 6.10. The zero-order chi connectivity index (χ0) is 28.8. The Hall–Kier alpha value is -3.64. The summed E-state index contributed by atoms with van der Waals surface area (Å²) in [6.07, 6.45) is 0. The van der Waals surface area contributed by atoms with E-state index < -0.39 is 119 Å². The Bertz CT molecular complexity index is 1690. The lowest BCUT2D eigenvalue weighted by molar-refractivity contribution is 0.124. The minimum atomic E-state index is -2.60. The van der Waals surface area contributed by atoms with Crippen LogP contribution in [0.3, 0.4) is 0 Å². The molecule has 4 aromatic rings. The van der Waals surface area contributed by atoms with E-state index in [4.69, 9.17) is 4.74 Å². The molecule has 0 aromatic heterocycles. The molecule has 0 aliphatic rings. The highest BCUT2D eigenvalue weighted by Gasteiger charge is 2.37. The lowest BCUT2D eigenvalue weighted by Crippen LogP contribution is -2.24. The third kappa shape index (κ3) is 3.65. The van der Waals surface area contributed by atoms with Gasteiger partial charge in [0.1, 0.15) is 5.60 Å². The highest BCUT2D eigenvalue weighted by Crippen LogP contribution is 2.50. The molecule has 0 aliphatic carbocycles. The maximum absolute atomic E-state index is 15.3. The van der Waals surface area contributed by atoms with Gasteiger partial charge in [-0.3, -0.25) is 0 Å². The Labute approximate surface area is 205 Å². The summed E-state index contributed by atoms with van der Waals surface area (Å²) in [4.78, 5) is 0. The molecule has 0 saturated heterocycles. The second-order valence-electron chi connectivity index (χ2n) is 9.19. The predicted octanol–water partition coefficient (Wildman–Crippen LogP) is 8.81. The molecule has 0 amide bonds. The summed E-state index contributed by atoms with van der Waals surface area (Å²) in [7, 11) is 0. The maximum Gasteiger partial charge on any atom is 0.202 e. The van der Waals surface area contributed by atoms with E-state index in [0.29, 0.717) is 6.92 Å². The van der Waals surface area contributed by atoms with Gasteiger partial charge >= 0.3 is 0 Å². The van der Waals surface area contributed by atoms with E-state index in [0.717, 1.165) is 0 Å². The molecule has 0 heterocycles. The van der Waals surface area contributed by atoms with E-state index in [1.54, 1.807) is 0 Å². The van der Waals surface area contributed by atoms with E-state index >= 15 is 13.2 Å². The monoisotopic (exact) mass is 556 g/mol. The van der Waals surface area contributed by atoms with E-state index in [2.05, 4.69) is 0 Å². The molecule has 0 unspecified atom stereocenters. The van der Waals surface area contributed by atoms with Crippen molar-refractivity contribution in [1.82, 2.24) is 0 Å². The molecular formula is C25H12F12O. The van der Waals surface area contributed by atoms with Crippen LogP contribution in [-0.2, 0) is 0 Å². The SMILES string of the molecule is Cc1c(F)c(F)c2c(F)c(F)c(F)c(F)c2c1-c1c(OC(C)(C)C)c(F)c(F)c2c(F)c(F)c(F)c(F)c12. The van der Waals surface area contributed by atoms with Crippen LogP contribution in [0.2, 0.25) is 0 Å². The van der Waals surface area contributed by atoms with Gasteiger partial charge in [0, 0.05) is 21.9 Å². The molecule has 4 aromatic carbocycles. The quantitative estimate of drug-likeness (QED) is 0.136. The van der Waals surface area contributed by atoms with Crippen LogP contribution in [0.15, 0.2) is 0 Å². The Morgan fingerprint density at radius 3 is 1.11 bits per heavy atom. The van der Waals surface area contributed by atoms with E-state index in [-0.39, 0.29) is 0 Å². The second kappa shape index (κ2) is 8.70. The van der Waals surface area contributed by atoms with Crippen LogP contribution in [0.25, 0.3) is 32.7 Å². The van der Waals surface area contributed by atoms with Gasteiger partial charge < -0.3 is 4.74 Å². The van der Waals surface area contributed by atoms with Crippen LogP contribution < -0.4 is 4.74 Å². The largest absolute Gasteiger partial charge is 0.484 e. The molecule has 0 atom stereocenters. The molecule has 0 N–H and O–H groups in total. The Morgan fingerprint density at radius 2 is 0.711 bits per heavy atom. The van der Waals surface area contributed by atoms with E-state index in [9.17, 15) is 39.5 Å². The van der Waals surface area contributed by atoms with Crippen LogP contribution in [-0.4, -0.2) is 5.60 Å². The van der Waals surface area contributed by atoms with Gasteiger partial charge in [-0.05, 0) is 33.3 Å². The van der Waals surface area contributed by atoms with Crippen LogP contribution in [0.5, 0.6) is 5.75 Å². The fourth-order valence-corrected chi connectivity index (χ4v) is 4.10. The van der Waals surface area contributed by atoms with Gasteiger partial charge in [0.05, 0.1) is 10.8 Å². The number of hydrogen-bond donors (Lipinski definition) is 0. The third-order valence-electron chi connectivity index (χ3n) is 5.65. The molecule has 13 heteroatoms. The fraction of sp³-hybridized carbons (Fsp3) is 0.200. The zero-order valence-corrected chi connectivity index (χ0v) is 19.4. The maximum atomic E-state index is 15.3. The molecular weight excluding hydrogens is 544 g/mol. The van der Waals surface area contributed by atoms with Gasteiger partial charge in [-0.15, -0.1) is 0 Å². The molecule has 0 saturated carbocycles. The van der Waals surface area contributed by atoms with Crippen LogP contribution in [0.4, 0.5) is 52.7 Å². The van der Waals surface area contributed by atoms with E-state index in [1.165, 1.54) is 20.8 Å². The number of rotatable bonds is 2. The van der Waals surface area contributed by atoms with Gasteiger partial charge in [-0.2, -0.15) is 4.39 Å². The number of ether oxygens (including phenoxy) is 1. The highest BCUT2D eigenvalue weighted by atomic mass is 19.2. The summed E-state index contributed by atoms with van der Waals surface area (Å²) in [6.45, 7) is 4.21. The Morgan fingerprint density at radius 1 is 0.395 bits per heavy atom. The van der Waals surface area contributed by atoms with Crippen molar-refractivity contribution in [3.63, 3.8) is 0 Å². The fourth-order valence-electron chi connectivity index (χ4n) is 4.10. The lowest BCUT2D eigenvalue weighted by Gasteiger charge is -2.27. The summed E-state index contributed by atoms with van der Waals surface area (Å²) in [5.41, 5.74) is -5.60. The molecule has 1 nitrogen and oxygen atoms in total. The first kappa shape index (κ1) is 27.4. The van der Waals surface area contributed by atoms with Crippen molar-refractivity contribution in [2.24, 2.45) is 0 Å². The van der Waals surface area contributed by atoms with Crippen LogP contribution in [0.1, 0.15) is 26.3 Å². The molecule has 0 fully saturated rings. The Balaban J connectivity index is 2.50. The van der Waals surface area contributed by atoms with E-state index in [1.807, 2.05) is 0 Å². The number of benzene rings is 4. The summed E-state index contributed by atoms with van der Waals surface area (Å²) in [5, 5.41) is -7.17. The number of halogens is 12. The third-order valence-corrected chi connectivity index (χ3v) is 5.65. The smallest absolute Gasteiger partial charge is 0.202 e. The Kier molecular flexibility index (Phi) is 6.27. The first-order valence-electron chi connectivity index (χ1n) is 10.4. The van der Waals surface area contributed by atoms with Crippen LogP contribution in [0, 0.1) is 76.7 Å². The van der Waals surface area contributed by atoms with Gasteiger partial charge in [-0.25, -0.2) is 48.3 Å². The van der Waals surface area contributed by atoms with Crippen molar-refractivity contribution >= 4 is 21.5 Å². The molecule has 38 heavy (non-hydrogen) atoms. The first-order chi connectivity index (χ1) is 17.4. The zero-order valence-electron chi connectivity index (χ0n) is 19.4. The molecule has 0 aliphatic heterocycles. The van der Waals surface area contributed by atoms with Gasteiger partial charge in [0.25, 0.3) is 0 Å². The van der Waals surface area contributed by atoms with Crippen molar-refractivity contribution in [1.29, 1.82) is 0 Å². The summed E-state index contributed by atoms with van der Waals surface area (Å²) < 4.78 is 181. The minimum absolute atomic E-state index is 0.605. The molecule has 0 radical (unpaired) electrons. The van der Waals surface area contributed by atoms with Crippen molar-refractivity contribution < 1.29 is 57.4 Å². The number of hydrogen-bond acceptors (Lipinski definition) is 1. The van der Waals surface area contributed by atoms with Gasteiger partial charge in [-0.1, -0.05) is 0 Å². The average Bonchev–Trinajstić information content (AvgIpc) is 2.84. The summed E-state index contributed by atoms with van der Waals surface area (Å²) >= 11 is 0. The predicted molar refractivity (Wildman–Crippen MR) is 112 cm³/mol. The van der Waals surface area contributed by atoms with Crippen molar-refractivity contribution in [2.45, 2.75) is 33.3 Å². The summed E-state index contributed by atoms with van der Waals surface area (Å²) in [6, 6.07) is 0. The van der Waals surface area contributed by atoms with Crippen molar-refractivity contribution in [3.05, 3.63) is 75.4 Å². The molecule has 202 valence electrons. The lowest BCUT2D eigenvalue weighted by atomic mass is 9.87. The molecule has 0 bridgehead atoms. The minimum Gasteiger partial charge on any atom is -0.484 e. The topological polar surface area (TPSA) is 9.23 Å². The number of fused-ring (bicyclic) bond motifs is 2.